The summed E-state index contributed by atoms with van der Waals surface area (Å²) in [6, 6.07) is 0. The fourth-order valence-corrected chi connectivity index (χ4v) is 14.9. The van der Waals surface area contributed by atoms with E-state index < -0.39 is 91.5 Å². The second kappa shape index (κ2) is 95.7. The average Bonchev–Trinajstić information content (AvgIpc) is 0.897. The van der Waals surface area contributed by atoms with Crippen LogP contribution in [0.2, 0.25) is 0 Å². The molecule has 0 aliphatic rings. The number of unbranched alkanes of at least 4 members (excludes halogenated alkanes) is 39. The van der Waals surface area contributed by atoms with Crippen LogP contribution in [-0.4, -0.2) is 95.9 Å². The van der Waals surface area contributed by atoms with Crippen molar-refractivity contribution in [3.63, 3.8) is 0 Å². The number of hydrogen-bond acceptors (Lipinski definition) is 14. The third-order valence-corrected chi connectivity index (χ3v) is 22.5. The predicted molar refractivity (Wildman–Crippen MR) is 518 cm³/mol. The molecule has 5 unspecified atom stereocenters. The van der Waals surface area contributed by atoms with Crippen molar-refractivity contribution < 1.29 is 75.8 Å². The minimum Gasteiger partial charge on any atom is -0.463 e. The molecule has 0 saturated heterocycles. The molecule has 0 aromatic carbocycles. The number of allylic oxidation sites excluding steroid dienone is 30. The molecule has 123 heavy (non-hydrogen) atoms. The number of hydrogen-bond donors (Lipinski definition) is 4. The molecule has 0 rings (SSSR count). The van der Waals surface area contributed by atoms with E-state index in [0.29, 0.717) is 19.3 Å². The highest BCUT2D eigenvalue weighted by Crippen LogP contribution is 2.45. The highest BCUT2D eigenvalue weighted by molar-refractivity contribution is 7.47. The summed E-state index contributed by atoms with van der Waals surface area (Å²) in [4.78, 5) is 59.0. The number of carbonyl (C=O) groups excluding carboxylic acids is 3. The first kappa shape index (κ1) is 118. The van der Waals surface area contributed by atoms with Crippen LogP contribution in [0.25, 0.3) is 0 Å². The zero-order valence-electron chi connectivity index (χ0n) is 77.8. The number of ether oxygens (including phenoxy) is 3. The van der Waals surface area contributed by atoms with Gasteiger partial charge in [-0.25, -0.2) is 9.13 Å². The van der Waals surface area contributed by atoms with E-state index in [0.717, 1.165) is 180 Å². The monoisotopic (exact) mass is 1760 g/mol. The fourth-order valence-electron chi connectivity index (χ4n) is 13.3. The van der Waals surface area contributed by atoms with E-state index in [9.17, 15) is 43.5 Å². The van der Waals surface area contributed by atoms with Crippen molar-refractivity contribution in [1.82, 2.24) is 0 Å². The second-order valence-corrected chi connectivity index (χ2v) is 35.3. The lowest BCUT2D eigenvalue weighted by molar-refractivity contribution is -0.161. The smallest absolute Gasteiger partial charge is 0.463 e. The van der Waals surface area contributed by atoms with Crippen molar-refractivity contribution in [3.05, 3.63) is 182 Å². The van der Waals surface area contributed by atoms with Gasteiger partial charge in [-0.1, -0.05) is 415 Å². The summed E-state index contributed by atoms with van der Waals surface area (Å²) in [7, 11) is -9.81. The average molecular weight is 1760 g/mol. The Labute approximate surface area is 751 Å². The van der Waals surface area contributed by atoms with Gasteiger partial charge < -0.3 is 34.2 Å². The van der Waals surface area contributed by atoms with Gasteiger partial charge in [-0.15, -0.1) is 0 Å². The summed E-state index contributed by atoms with van der Waals surface area (Å²) >= 11 is 0. The molecule has 0 heterocycles. The first-order valence-corrected chi connectivity index (χ1v) is 52.1. The lowest BCUT2D eigenvalue weighted by Gasteiger charge is -2.21. The van der Waals surface area contributed by atoms with Crippen molar-refractivity contribution in [3.8, 4) is 0 Å². The predicted octanol–water partition coefficient (Wildman–Crippen LogP) is 30.8. The van der Waals surface area contributed by atoms with E-state index in [1.54, 1.807) is 0 Å². The third-order valence-electron chi connectivity index (χ3n) is 20.6. The van der Waals surface area contributed by atoms with E-state index in [4.69, 9.17) is 32.3 Å². The van der Waals surface area contributed by atoms with Gasteiger partial charge in [0.2, 0.25) is 0 Å². The Kier molecular flexibility index (Phi) is 91.6. The van der Waals surface area contributed by atoms with Crippen LogP contribution >= 0.6 is 15.6 Å². The maximum absolute atomic E-state index is 13.1. The quantitative estimate of drug-likeness (QED) is 0.0146. The minimum absolute atomic E-state index is 0.0912. The summed E-state index contributed by atoms with van der Waals surface area (Å²) in [5, 5.41) is 20.8. The molecular weight excluding hydrogens is 1580 g/mol. The lowest BCUT2D eigenvalue weighted by atomic mass is 10.0. The molecule has 0 radical (unpaired) electrons. The van der Waals surface area contributed by atoms with Crippen molar-refractivity contribution in [2.45, 2.75) is 424 Å². The Hall–Kier alpha value is -5.35. The van der Waals surface area contributed by atoms with Gasteiger partial charge in [0.05, 0.1) is 26.4 Å². The van der Waals surface area contributed by atoms with Crippen LogP contribution in [0.1, 0.15) is 406 Å². The van der Waals surface area contributed by atoms with Gasteiger partial charge in [0.15, 0.2) is 6.10 Å². The maximum atomic E-state index is 13.1. The van der Waals surface area contributed by atoms with E-state index in [1.807, 2.05) is 0 Å². The van der Waals surface area contributed by atoms with Crippen LogP contribution in [0.15, 0.2) is 182 Å². The third kappa shape index (κ3) is 97.1. The Morgan fingerprint density at radius 2 is 0.407 bits per heavy atom. The number of aliphatic hydroxyl groups excluding tert-OH is 2. The Morgan fingerprint density at radius 3 is 0.642 bits per heavy atom. The van der Waals surface area contributed by atoms with Gasteiger partial charge in [-0.05, 0) is 154 Å². The summed E-state index contributed by atoms with van der Waals surface area (Å²) in [5.74, 6) is -1.57. The van der Waals surface area contributed by atoms with Crippen LogP contribution in [0, 0.1) is 0 Å². The van der Waals surface area contributed by atoms with Crippen LogP contribution < -0.4 is 0 Å². The first-order valence-electron chi connectivity index (χ1n) is 49.1. The van der Waals surface area contributed by atoms with Gasteiger partial charge in [-0.2, -0.15) is 0 Å². The zero-order chi connectivity index (χ0) is 89.3. The topological polar surface area (TPSA) is 231 Å². The highest BCUT2D eigenvalue weighted by Gasteiger charge is 2.30. The van der Waals surface area contributed by atoms with E-state index in [1.165, 1.54) is 167 Å². The lowest BCUT2D eigenvalue weighted by Crippen LogP contribution is -2.30. The van der Waals surface area contributed by atoms with Gasteiger partial charge in [0, 0.05) is 19.3 Å². The number of phosphoric ester groups is 2. The molecule has 18 heteroatoms. The largest absolute Gasteiger partial charge is 0.472 e. The number of phosphoric acid groups is 2. The van der Waals surface area contributed by atoms with Crippen molar-refractivity contribution in [2.75, 3.05) is 39.6 Å². The SMILES string of the molecule is CC/C=C\C/C=C\C/C=C\C/C=C\C/C=C\C/C=C\CCCCCCCCCCCCCCCCCCC(=O)OCC(O)COP(=O)(O)OCC(O)COP(=O)(O)OCC(COC(=O)CCCCCCCCCCCCCCCCCC/C=C\C/C=C\C/C=C\C/C=C\C/C=C\C/C=C\CC)OC(=O)CCCCCCCCC/C=C\C/C=C\C/C=C\CC. The van der Waals surface area contributed by atoms with Crippen molar-refractivity contribution >= 4 is 33.6 Å². The molecule has 0 saturated carbocycles. The molecule has 0 aromatic heterocycles. The molecule has 4 N–H and O–H groups in total. The maximum Gasteiger partial charge on any atom is 0.472 e. The van der Waals surface area contributed by atoms with E-state index >= 15 is 0 Å². The molecule has 16 nitrogen and oxygen atoms in total. The molecule has 0 aromatic rings. The molecule has 704 valence electrons. The first-order chi connectivity index (χ1) is 60.2. The molecule has 0 fully saturated rings. The number of esters is 3. The normalized spacial score (nSPS) is 14.5. The van der Waals surface area contributed by atoms with Crippen LogP contribution in [-0.2, 0) is 55.8 Å². The van der Waals surface area contributed by atoms with Gasteiger partial charge in [-0.3, -0.25) is 32.5 Å². The second-order valence-electron chi connectivity index (χ2n) is 32.4. The van der Waals surface area contributed by atoms with Gasteiger partial charge >= 0.3 is 33.6 Å². The van der Waals surface area contributed by atoms with E-state index in [2.05, 4.69) is 203 Å². The summed E-state index contributed by atoms with van der Waals surface area (Å²) in [6.07, 6.45) is 127. The van der Waals surface area contributed by atoms with Crippen molar-refractivity contribution in [1.29, 1.82) is 0 Å². The Bertz CT molecular complexity index is 2970. The molecule has 0 spiro atoms. The summed E-state index contributed by atoms with van der Waals surface area (Å²) < 4.78 is 61.5. The number of carbonyl (C=O) groups is 3. The number of rotatable bonds is 92. The molecule has 0 amide bonds. The summed E-state index contributed by atoms with van der Waals surface area (Å²) in [6.45, 7) is 2.38. The van der Waals surface area contributed by atoms with Gasteiger partial charge in [0.1, 0.15) is 25.4 Å². The van der Waals surface area contributed by atoms with Crippen molar-refractivity contribution in [2.24, 2.45) is 0 Å². The molecule has 0 bridgehead atoms. The summed E-state index contributed by atoms with van der Waals surface area (Å²) in [5.41, 5.74) is 0. The number of aliphatic hydroxyl groups is 2. The zero-order valence-corrected chi connectivity index (χ0v) is 79.6. The molecule has 0 aliphatic heterocycles. The molecular formula is C105H178O16P2. The van der Waals surface area contributed by atoms with Crippen LogP contribution in [0.3, 0.4) is 0 Å². The standard InChI is InChI=1S/C105H178O16P2/c1-4-7-10-13-16-19-22-25-28-31-33-35-37-39-41-43-45-47-49-51-53-55-57-59-61-63-65-68-70-73-76-79-82-85-88-91-103(108)115-94-100(106)95-117-122(111,112)118-96-101(107)97-119-123(113,114)120-99-102(121-105(110)93-90-87-84-81-78-75-72-67-30-27-24-21-18-15-12-9-6-3)98-116-104(109)92-89-86-83-80-77-74-71-69-66-64-62-60-58-56-54-52-50-48-46-44-42-40-38-36-34-32-29-26-23-20-17-14-11-8-5-2/h7-12,16-21,25-30,33-36,39-42,45-48,100-102,106-107H,4-6,13-15,22-24,31-32,37-38,43-44,49-99H2,1-3H3,(H,111,112)(H,113,114)/b10-7-,11-8-,12-9-,19-16-,20-17-,21-18-,28-25-,29-26-,30-27-,35-33-,36-34-,41-39-,42-40-,47-45-,48-46-. The van der Waals surface area contributed by atoms with Crippen LogP contribution in [0.5, 0.6) is 0 Å². The Morgan fingerprint density at radius 1 is 0.228 bits per heavy atom. The van der Waals surface area contributed by atoms with Crippen LogP contribution in [0.4, 0.5) is 0 Å². The molecule has 5 atom stereocenters. The molecule has 0 aliphatic carbocycles. The van der Waals surface area contributed by atoms with Gasteiger partial charge in [0.25, 0.3) is 0 Å². The van der Waals surface area contributed by atoms with E-state index in [-0.39, 0.29) is 19.3 Å². The minimum atomic E-state index is -4.95. The highest BCUT2D eigenvalue weighted by atomic mass is 31.2. The fraction of sp³-hybridized carbons (Fsp3) is 0.686. The Balaban J connectivity index is 4.46.